The van der Waals surface area contributed by atoms with Crippen molar-refractivity contribution in [3.8, 4) is 0 Å². The van der Waals surface area contributed by atoms with Gasteiger partial charge in [0.15, 0.2) is 0 Å². The van der Waals surface area contributed by atoms with Crippen LogP contribution in [0.15, 0.2) is 11.4 Å². The van der Waals surface area contributed by atoms with E-state index >= 15 is 0 Å². The number of hydrogen-bond acceptors (Lipinski definition) is 3. The minimum absolute atomic E-state index is 0.379. The maximum Gasteiger partial charge on any atom is 0.0931 e. The Morgan fingerprint density at radius 1 is 1.62 bits per heavy atom. The molecule has 0 amide bonds. The van der Waals surface area contributed by atoms with E-state index in [-0.39, 0.29) is 0 Å². The molecule has 0 radical (unpaired) electrons. The summed E-state index contributed by atoms with van der Waals surface area (Å²) in [6, 6.07) is 3.48. The van der Waals surface area contributed by atoms with Crippen molar-refractivity contribution in [2.45, 2.75) is 44.8 Å². The minimum Gasteiger partial charge on any atom is -0.328 e. The minimum atomic E-state index is 0.379. The van der Waals surface area contributed by atoms with Crippen molar-refractivity contribution in [1.82, 2.24) is 4.90 Å². The highest BCUT2D eigenvalue weighted by atomic mass is 35.5. The lowest BCUT2D eigenvalue weighted by atomic mass is 9.96. The number of piperidine rings is 1. The van der Waals surface area contributed by atoms with Crippen LogP contribution < -0.4 is 5.73 Å². The largest absolute Gasteiger partial charge is 0.328 e. The van der Waals surface area contributed by atoms with Gasteiger partial charge in [-0.3, -0.25) is 4.90 Å². The SMILES string of the molecule is CC1CC(N)CCN1C(C)c1csc(Cl)c1. The zero-order chi connectivity index (χ0) is 11.7. The van der Waals surface area contributed by atoms with E-state index in [1.807, 2.05) is 0 Å². The lowest BCUT2D eigenvalue weighted by molar-refractivity contribution is 0.104. The summed E-state index contributed by atoms with van der Waals surface area (Å²) in [5, 5.41) is 2.16. The highest BCUT2D eigenvalue weighted by Crippen LogP contribution is 2.31. The molecule has 1 aliphatic rings. The maximum absolute atomic E-state index is 5.98. The van der Waals surface area contributed by atoms with Gasteiger partial charge in [0, 0.05) is 24.7 Å². The quantitative estimate of drug-likeness (QED) is 0.882. The van der Waals surface area contributed by atoms with Crippen LogP contribution >= 0.6 is 22.9 Å². The molecule has 3 unspecified atom stereocenters. The molecular weight excluding hydrogens is 240 g/mol. The summed E-state index contributed by atoms with van der Waals surface area (Å²) in [4.78, 5) is 2.53. The molecule has 0 spiro atoms. The van der Waals surface area contributed by atoms with Crippen LogP contribution in [0, 0.1) is 0 Å². The third kappa shape index (κ3) is 2.59. The molecule has 0 aromatic carbocycles. The van der Waals surface area contributed by atoms with E-state index in [0.29, 0.717) is 18.1 Å². The van der Waals surface area contributed by atoms with E-state index in [2.05, 4.69) is 30.2 Å². The fourth-order valence-electron chi connectivity index (χ4n) is 2.54. The smallest absolute Gasteiger partial charge is 0.0931 e. The Morgan fingerprint density at radius 2 is 2.38 bits per heavy atom. The first-order valence-corrected chi connectivity index (χ1v) is 7.09. The molecule has 1 saturated heterocycles. The predicted molar refractivity (Wildman–Crippen MR) is 71.1 cm³/mol. The predicted octanol–water partition coefficient (Wildman–Crippen LogP) is 3.27. The van der Waals surface area contributed by atoms with Gasteiger partial charge in [0.2, 0.25) is 0 Å². The van der Waals surface area contributed by atoms with Crippen molar-refractivity contribution in [2.75, 3.05) is 6.54 Å². The molecule has 1 fully saturated rings. The van der Waals surface area contributed by atoms with E-state index in [1.165, 1.54) is 5.56 Å². The first-order valence-electron chi connectivity index (χ1n) is 5.83. The van der Waals surface area contributed by atoms with E-state index in [4.69, 9.17) is 17.3 Å². The van der Waals surface area contributed by atoms with E-state index in [9.17, 15) is 0 Å². The summed E-state index contributed by atoms with van der Waals surface area (Å²) in [6.07, 6.45) is 2.20. The molecule has 3 atom stereocenters. The average Bonchev–Trinajstić information content (AvgIpc) is 2.64. The summed E-state index contributed by atoms with van der Waals surface area (Å²) in [6.45, 7) is 5.62. The number of thiophene rings is 1. The standard InChI is InChI=1S/C12H19ClN2S/c1-8-5-11(14)3-4-15(8)9(2)10-6-12(13)16-7-10/h6-9,11H,3-5,14H2,1-2H3. The zero-order valence-corrected chi connectivity index (χ0v) is 11.4. The Labute approximate surface area is 106 Å². The summed E-state index contributed by atoms with van der Waals surface area (Å²) < 4.78 is 0.878. The van der Waals surface area contributed by atoms with Gasteiger partial charge in [0.05, 0.1) is 4.34 Å². The zero-order valence-electron chi connectivity index (χ0n) is 9.82. The highest BCUT2D eigenvalue weighted by Gasteiger charge is 2.27. The lowest BCUT2D eigenvalue weighted by Crippen LogP contribution is -2.46. The number of nitrogens with two attached hydrogens (primary N) is 1. The van der Waals surface area contributed by atoms with Crippen LogP contribution in [0.4, 0.5) is 0 Å². The van der Waals surface area contributed by atoms with E-state index in [1.54, 1.807) is 11.3 Å². The Balaban J connectivity index is 2.07. The first-order chi connectivity index (χ1) is 7.58. The molecule has 0 bridgehead atoms. The first kappa shape index (κ1) is 12.4. The molecule has 2 rings (SSSR count). The van der Waals surface area contributed by atoms with E-state index in [0.717, 1.165) is 23.7 Å². The monoisotopic (exact) mass is 258 g/mol. The number of halogens is 1. The van der Waals surface area contributed by atoms with Gasteiger partial charge in [0.25, 0.3) is 0 Å². The second kappa shape index (κ2) is 5.05. The Hall–Kier alpha value is -0.0900. The number of hydrogen-bond donors (Lipinski definition) is 1. The molecule has 2 N–H and O–H groups in total. The molecule has 0 aliphatic carbocycles. The third-order valence-electron chi connectivity index (χ3n) is 3.54. The van der Waals surface area contributed by atoms with Gasteiger partial charge < -0.3 is 5.73 Å². The average molecular weight is 259 g/mol. The molecule has 0 saturated carbocycles. The van der Waals surface area contributed by atoms with Gasteiger partial charge >= 0.3 is 0 Å². The molecule has 1 aliphatic heterocycles. The summed E-state index contributed by atoms with van der Waals surface area (Å²) >= 11 is 7.60. The second-order valence-electron chi connectivity index (χ2n) is 4.73. The molecule has 2 nitrogen and oxygen atoms in total. The van der Waals surface area contributed by atoms with Crippen molar-refractivity contribution in [2.24, 2.45) is 5.73 Å². The highest BCUT2D eigenvalue weighted by molar-refractivity contribution is 7.14. The van der Waals surface area contributed by atoms with Crippen LogP contribution in [0.3, 0.4) is 0 Å². The van der Waals surface area contributed by atoms with Crippen molar-refractivity contribution < 1.29 is 0 Å². The van der Waals surface area contributed by atoms with Gasteiger partial charge in [-0.1, -0.05) is 11.6 Å². The molecule has 1 aromatic heterocycles. The van der Waals surface area contributed by atoms with Gasteiger partial charge in [0.1, 0.15) is 0 Å². The van der Waals surface area contributed by atoms with Gasteiger partial charge in [-0.05, 0) is 43.7 Å². The Bertz CT molecular complexity index is 353. The van der Waals surface area contributed by atoms with Gasteiger partial charge in [-0.15, -0.1) is 11.3 Å². The Kier molecular flexibility index (Phi) is 3.90. The summed E-state index contributed by atoms with van der Waals surface area (Å²) in [7, 11) is 0. The molecular formula is C12H19ClN2S. The molecule has 2 heterocycles. The van der Waals surface area contributed by atoms with E-state index < -0.39 is 0 Å². The number of nitrogens with zero attached hydrogens (tertiary/aromatic N) is 1. The van der Waals surface area contributed by atoms with Gasteiger partial charge in [-0.25, -0.2) is 0 Å². The number of likely N-dealkylation sites (tertiary alicyclic amines) is 1. The molecule has 1 aromatic rings. The third-order valence-corrected chi connectivity index (χ3v) is 4.65. The number of rotatable bonds is 2. The topological polar surface area (TPSA) is 29.3 Å². The van der Waals surface area contributed by atoms with Crippen molar-refractivity contribution in [1.29, 1.82) is 0 Å². The second-order valence-corrected chi connectivity index (χ2v) is 6.27. The van der Waals surface area contributed by atoms with Crippen molar-refractivity contribution >= 4 is 22.9 Å². The summed E-state index contributed by atoms with van der Waals surface area (Å²) in [5.41, 5.74) is 7.32. The van der Waals surface area contributed by atoms with Crippen molar-refractivity contribution in [3.05, 3.63) is 21.3 Å². The molecule has 16 heavy (non-hydrogen) atoms. The maximum atomic E-state index is 5.98. The van der Waals surface area contributed by atoms with Gasteiger partial charge in [-0.2, -0.15) is 0 Å². The van der Waals surface area contributed by atoms with Crippen LogP contribution in [-0.2, 0) is 0 Å². The van der Waals surface area contributed by atoms with Crippen LogP contribution in [0.1, 0.15) is 38.3 Å². The van der Waals surface area contributed by atoms with Crippen LogP contribution in [0.25, 0.3) is 0 Å². The van der Waals surface area contributed by atoms with Crippen LogP contribution in [0.5, 0.6) is 0 Å². The van der Waals surface area contributed by atoms with Crippen molar-refractivity contribution in [3.63, 3.8) is 0 Å². The lowest BCUT2D eigenvalue weighted by Gasteiger charge is -2.40. The van der Waals surface area contributed by atoms with Crippen LogP contribution in [0.2, 0.25) is 4.34 Å². The Morgan fingerprint density at radius 3 is 2.94 bits per heavy atom. The molecule has 90 valence electrons. The fourth-order valence-corrected chi connectivity index (χ4v) is 3.51. The normalized spacial score (nSPS) is 29.2. The fraction of sp³-hybridized carbons (Fsp3) is 0.667. The molecule has 4 heteroatoms. The van der Waals surface area contributed by atoms with Crippen LogP contribution in [-0.4, -0.2) is 23.5 Å². The summed E-state index contributed by atoms with van der Waals surface area (Å²) in [5.74, 6) is 0.